The first kappa shape index (κ1) is 15.9. The van der Waals surface area contributed by atoms with E-state index in [4.69, 9.17) is 18.0 Å². The Morgan fingerprint density at radius 2 is 2.39 bits per heavy atom. The van der Waals surface area contributed by atoms with Crippen molar-refractivity contribution in [1.29, 1.82) is 0 Å². The molecule has 0 aromatic heterocycles. The Morgan fingerprint density at radius 1 is 1.52 bits per heavy atom. The van der Waals surface area contributed by atoms with Crippen LogP contribution < -0.4 is 16.5 Å². The summed E-state index contributed by atoms with van der Waals surface area (Å²) in [7, 11) is 0. The number of hydrazone groups is 1. The van der Waals surface area contributed by atoms with Crippen LogP contribution in [0.4, 0.5) is 0 Å². The molecule has 0 aromatic rings. The molecule has 2 saturated heterocycles. The van der Waals surface area contributed by atoms with Crippen LogP contribution in [0.5, 0.6) is 0 Å². The smallest absolute Gasteiger partial charge is 0.133 e. The van der Waals surface area contributed by atoms with E-state index in [0.29, 0.717) is 5.84 Å². The molecule has 0 bridgehead atoms. The maximum Gasteiger partial charge on any atom is 0.133 e. The number of hydrogen-bond donors (Lipinski definition) is 3. The number of hydrogen-bond acceptors (Lipinski definition) is 5. The van der Waals surface area contributed by atoms with Gasteiger partial charge in [0.2, 0.25) is 0 Å². The predicted molar refractivity (Wildman–Crippen MR) is 98.4 cm³/mol. The highest BCUT2D eigenvalue weighted by Gasteiger charge is 2.41. The first-order valence-corrected chi connectivity index (χ1v) is 8.28. The molecule has 3 rings (SSSR count). The molecule has 6 nitrogen and oxygen atoms in total. The van der Waals surface area contributed by atoms with Crippen LogP contribution in [0.1, 0.15) is 19.3 Å². The molecule has 0 saturated carbocycles. The van der Waals surface area contributed by atoms with Crippen molar-refractivity contribution in [3.63, 3.8) is 0 Å². The van der Waals surface area contributed by atoms with Crippen molar-refractivity contribution in [2.24, 2.45) is 15.8 Å². The minimum absolute atomic E-state index is 0.247. The summed E-state index contributed by atoms with van der Waals surface area (Å²) in [6.07, 6.45) is 9.06. The molecule has 23 heavy (non-hydrogen) atoms. The Labute approximate surface area is 141 Å². The molecule has 7 heteroatoms. The second kappa shape index (κ2) is 6.64. The molecule has 1 spiro atoms. The lowest BCUT2D eigenvalue weighted by Gasteiger charge is -2.28. The van der Waals surface area contributed by atoms with Crippen LogP contribution in [0.3, 0.4) is 0 Å². The standard InChI is InChI=1S/C16H22N6S/c1-12-13(15(17)18-11-23)9-21-20-7-3-14(12)22-8-5-16(10-22)4-2-6-19-16/h3,7,9,11,19,21H,1-2,4-6,8,10H2,(H2,17,18,23)/b13-9+,14-3?,20-7-. The topological polar surface area (TPSA) is 78.0 Å². The predicted octanol–water partition coefficient (Wildman–Crippen LogP) is 1.04. The number of nitrogens with zero attached hydrogens (tertiary/aromatic N) is 3. The van der Waals surface area contributed by atoms with Crippen LogP contribution in [-0.2, 0) is 0 Å². The van der Waals surface area contributed by atoms with Gasteiger partial charge in [-0.2, -0.15) is 5.10 Å². The summed E-state index contributed by atoms with van der Waals surface area (Å²) in [6.45, 7) is 7.32. The summed E-state index contributed by atoms with van der Waals surface area (Å²) in [5.74, 6) is 0.341. The third-order valence-electron chi connectivity index (χ3n) is 4.72. The number of nitrogens with one attached hydrogen (secondary N) is 2. The molecule has 0 aliphatic carbocycles. The second-order valence-corrected chi connectivity index (χ2v) is 6.31. The normalized spacial score (nSPS) is 31.9. The lowest BCUT2D eigenvalue weighted by Crippen LogP contribution is -2.42. The number of nitrogens with two attached hydrogens (primary N) is 1. The third kappa shape index (κ3) is 3.20. The van der Waals surface area contributed by atoms with Crippen molar-refractivity contribution < 1.29 is 0 Å². The van der Waals surface area contributed by atoms with Gasteiger partial charge >= 0.3 is 0 Å². The van der Waals surface area contributed by atoms with Gasteiger partial charge in [-0.1, -0.05) is 18.8 Å². The Bertz CT molecular complexity index is 624. The SMILES string of the molecule is C=C1C(N2CCC3(CCCN3)C2)=C/C=N\N/C=C\1C(N)=NC=S. The minimum atomic E-state index is 0.247. The average Bonchev–Trinajstić information content (AvgIpc) is 3.14. The molecule has 3 aliphatic heterocycles. The van der Waals surface area contributed by atoms with Gasteiger partial charge in [0.15, 0.2) is 0 Å². The van der Waals surface area contributed by atoms with Crippen molar-refractivity contribution in [2.75, 3.05) is 19.6 Å². The van der Waals surface area contributed by atoms with E-state index in [1.807, 2.05) is 6.08 Å². The molecule has 1 unspecified atom stereocenters. The molecule has 2 fully saturated rings. The monoisotopic (exact) mass is 330 g/mol. The average molecular weight is 330 g/mol. The van der Waals surface area contributed by atoms with Crippen LogP contribution in [0.15, 0.2) is 45.8 Å². The fourth-order valence-electron chi connectivity index (χ4n) is 3.52. The second-order valence-electron chi connectivity index (χ2n) is 6.10. The van der Waals surface area contributed by atoms with Gasteiger partial charge in [-0.3, -0.25) is 5.43 Å². The molecule has 0 aromatic carbocycles. The van der Waals surface area contributed by atoms with Crippen LogP contribution in [0.25, 0.3) is 0 Å². The van der Waals surface area contributed by atoms with Crippen LogP contribution >= 0.6 is 12.2 Å². The fraction of sp³-hybridized carbons (Fsp3) is 0.438. The number of amidine groups is 1. The quantitative estimate of drug-likeness (QED) is 0.409. The number of rotatable bonds is 3. The highest BCUT2D eigenvalue weighted by atomic mass is 32.1. The molecule has 3 heterocycles. The maximum absolute atomic E-state index is 6.02. The number of allylic oxidation sites excluding steroid dienone is 2. The van der Waals surface area contributed by atoms with E-state index in [1.165, 1.54) is 18.3 Å². The minimum Gasteiger partial charge on any atom is -0.383 e. The first-order chi connectivity index (χ1) is 11.2. The summed E-state index contributed by atoms with van der Waals surface area (Å²) in [4.78, 5) is 6.37. The van der Waals surface area contributed by atoms with Gasteiger partial charge in [0.05, 0.1) is 5.49 Å². The molecule has 0 amide bonds. The van der Waals surface area contributed by atoms with E-state index in [2.05, 4.69) is 32.3 Å². The molecule has 3 aliphatic rings. The lowest BCUT2D eigenvalue weighted by molar-refractivity contribution is 0.354. The summed E-state index contributed by atoms with van der Waals surface area (Å²) in [5.41, 5.74) is 12.9. The van der Waals surface area contributed by atoms with Gasteiger partial charge in [0, 0.05) is 47.9 Å². The van der Waals surface area contributed by atoms with Crippen molar-refractivity contribution in [3.8, 4) is 0 Å². The Balaban J connectivity index is 1.86. The van der Waals surface area contributed by atoms with Gasteiger partial charge < -0.3 is 16.0 Å². The third-order valence-corrected chi connectivity index (χ3v) is 4.82. The summed E-state index contributed by atoms with van der Waals surface area (Å²) in [5, 5.41) is 7.78. The zero-order valence-corrected chi connectivity index (χ0v) is 13.9. The summed E-state index contributed by atoms with van der Waals surface area (Å²) in [6, 6.07) is 0. The lowest BCUT2D eigenvalue weighted by atomic mass is 9.97. The van der Waals surface area contributed by atoms with Gasteiger partial charge in [-0.25, -0.2) is 4.99 Å². The maximum atomic E-state index is 6.02. The largest absolute Gasteiger partial charge is 0.383 e. The van der Waals surface area contributed by atoms with E-state index in [9.17, 15) is 0 Å². The van der Waals surface area contributed by atoms with E-state index in [-0.39, 0.29) is 5.54 Å². The van der Waals surface area contributed by atoms with Gasteiger partial charge in [-0.15, -0.1) is 0 Å². The van der Waals surface area contributed by atoms with Crippen molar-refractivity contribution in [2.45, 2.75) is 24.8 Å². The van der Waals surface area contributed by atoms with Crippen LogP contribution in [0.2, 0.25) is 0 Å². The van der Waals surface area contributed by atoms with E-state index < -0.39 is 0 Å². The molecule has 122 valence electrons. The first-order valence-electron chi connectivity index (χ1n) is 7.81. The molecular formula is C16H22N6S. The highest BCUT2D eigenvalue weighted by molar-refractivity contribution is 7.78. The molecular weight excluding hydrogens is 308 g/mol. The van der Waals surface area contributed by atoms with E-state index in [1.54, 1.807) is 12.4 Å². The van der Waals surface area contributed by atoms with E-state index in [0.717, 1.165) is 42.9 Å². The number of aliphatic imine (C=N–C) groups is 1. The summed E-state index contributed by atoms with van der Waals surface area (Å²) < 4.78 is 0. The summed E-state index contributed by atoms with van der Waals surface area (Å²) >= 11 is 4.77. The van der Waals surface area contributed by atoms with Crippen LogP contribution in [0, 0.1) is 0 Å². The highest BCUT2D eigenvalue weighted by Crippen LogP contribution is 2.34. The molecule has 0 radical (unpaired) electrons. The van der Waals surface area contributed by atoms with Crippen molar-refractivity contribution in [1.82, 2.24) is 15.6 Å². The Kier molecular flexibility index (Phi) is 4.58. The zero-order chi connectivity index (χ0) is 16.3. The Morgan fingerprint density at radius 3 is 3.13 bits per heavy atom. The fourth-order valence-corrected chi connectivity index (χ4v) is 3.64. The number of thiocarbonyl (C=S) groups is 1. The van der Waals surface area contributed by atoms with Gasteiger partial charge in [-0.05, 0) is 31.9 Å². The van der Waals surface area contributed by atoms with Gasteiger partial charge in [0.1, 0.15) is 5.84 Å². The zero-order valence-electron chi connectivity index (χ0n) is 13.1. The Hall–Kier alpha value is -1.99. The number of likely N-dealkylation sites (tertiary alicyclic amines) is 1. The molecule has 1 atom stereocenters. The van der Waals surface area contributed by atoms with Crippen molar-refractivity contribution >= 4 is 29.8 Å². The van der Waals surface area contributed by atoms with E-state index >= 15 is 0 Å². The van der Waals surface area contributed by atoms with Crippen molar-refractivity contribution in [3.05, 3.63) is 35.7 Å². The molecule has 4 N–H and O–H groups in total. The van der Waals surface area contributed by atoms with Crippen LogP contribution in [-0.4, -0.2) is 47.6 Å². The van der Waals surface area contributed by atoms with Gasteiger partial charge in [0.25, 0.3) is 0 Å².